The number of aromatic nitrogens is 2. The molecule has 0 unspecified atom stereocenters. The van der Waals surface area contributed by atoms with Crippen molar-refractivity contribution in [2.45, 2.75) is 12.7 Å². The van der Waals surface area contributed by atoms with E-state index in [-0.39, 0.29) is 12.1 Å². The first-order valence-electron chi connectivity index (χ1n) is 12.5. The molecule has 2 aromatic carbocycles. The summed E-state index contributed by atoms with van der Waals surface area (Å²) in [6.45, 7) is 4.27. The van der Waals surface area contributed by atoms with E-state index in [2.05, 4.69) is 10.2 Å². The zero-order valence-electron chi connectivity index (χ0n) is 21.3. The third-order valence-electron chi connectivity index (χ3n) is 6.48. The quantitative estimate of drug-likeness (QED) is 0.281. The van der Waals surface area contributed by atoms with Crippen LogP contribution in [0, 0.1) is 5.82 Å². The summed E-state index contributed by atoms with van der Waals surface area (Å²) in [5, 5.41) is 3.17. The molecule has 0 radical (unpaired) electrons. The number of methoxy groups -OCH3 is 1. The van der Waals surface area contributed by atoms with Crippen molar-refractivity contribution in [1.82, 2.24) is 14.3 Å². The van der Waals surface area contributed by atoms with Gasteiger partial charge in [0.15, 0.2) is 11.5 Å². The number of benzene rings is 2. The van der Waals surface area contributed by atoms with E-state index in [1.807, 2.05) is 30.3 Å². The lowest BCUT2D eigenvalue weighted by Gasteiger charge is -2.26. The van der Waals surface area contributed by atoms with Crippen molar-refractivity contribution in [3.05, 3.63) is 77.7 Å². The molecule has 0 saturated carbocycles. The van der Waals surface area contributed by atoms with Crippen LogP contribution in [-0.2, 0) is 17.5 Å². The molecule has 206 valence electrons. The van der Waals surface area contributed by atoms with Gasteiger partial charge in [-0.15, -0.1) is 0 Å². The van der Waals surface area contributed by atoms with Gasteiger partial charge in [0, 0.05) is 37.9 Å². The monoisotopic (exact) mass is 544 g/mol. The van der Waals surface area contributed by atoms with Crippen LogP contribution in [0.5, 0.6) is 11.5 Å². The summed E-state index contributed by atoms with van der Waals surface area (Å²) in [5.41, 5.74) is 1.04. The van der Waals surface area contributed by atoms with Gasteiger partial charge in [0.2, 0.25) is 0 Å². The molecule has 0 bridgehead atoms. The molecule has 3 heterocycles. The van der Waals surface area contributed by atoms with E-state index in [9.17, 15) is 17.6 Å². The molecule has 0 amide bonds. The highest BCUT2D eigenvalue weighted by Crippen LogP contribution is 2.36. The summed E-state index contributed by atoms with van der Waals surface area (Å²) in [6, 6.07) is 13.4. The van der Waals surface area contributed by atoms with Gasteiger partial charge in [0.25, 0.3) is 0 Å². The number of hydrogen-bond acceptors (Lipinski definition) is 6. The number of ether oxygens (including phenoxy) is 3. The highest BCUT2D eigenvalue weighted by atomic mass is 19.4. The third-order valence-corrected chi connectivity index (χ3v) is 6.48. The Morgan fingerprint density at radius 1 is 1.03 bits per heavy atom. The molecule has 1 aliphatic heterocycles. The van der Waals surface area contributed by atoms with Gasteiger partial charge < -0.3 is 19.5 Å². The van der Waals surface area contributed by atoms with Gasteiger partial charge in [-0.05, 0) is 54.1 Å². The Morgan fingerprint density at radius 3 is 2.62 bits per heavy atom. The number of pyridine rings is 1. The van der Waals surface area contributed by atoms with Gasteiger partial charge in [-0.2, -0.15) is 13.2 Å². The normalized spacial score (nSPS) is 14.5. The summed E-state index contributed by atoms with van der Waals surface area (Å²) in [4.78, 5) is 7.01. The molecular formula is C28H28F4N4O3. The van der Waals surface area contributed by atoms with E-state index >= 15 is 0 Å². The van der Waals surface area contributed by atoms with Gasteiger partial charge in [-0.1, -0.05) is 6.07 Å². The second-order valence-corrected chi connectivity index (χ2v) is 9.11. The average molecular weight is 545 g/mol. The topological polar surface area (TPSA) is 60.3 Å². The highest BCUT2D eigenvalue weighted by molar-refractivity contribution is 5.78. The molecule has 7 nitrogen and oxygen atoms in total. The van der Waals surface area contributed by atoms with Gasteiger partial charge in [0.05, 0.1) is 25.9 Å². The van der Waals surface area contributed by atoms with Crippen LogP contribution in [0.25, 0.3) is 16.9 Å². The Bertz CT molecular complexity index is 1430. The van der Waals surface area contributed by atoms with Crippen LogP contribution in [0.3, 0.4) is 0 Å². The maximum atomic E-state index is 14.0. The number of anilines is 1. The summed E-state index contributed by atoms with van der Waals surface area (Å²) >= 11 is 0. The number of halogens is 4. The molecule has 1 aliphatic rings. The number of rotatable bonds is 9. The summed E-state index contributed by atoms with van der Waals surface area (Å²) in [6.07, 6.45) is -2.85. The number of morpholine rings is 1. The van der Waals surface area contributed by atoms with Crippen LogP contribution in [0.4, 0.5) is 23.4 Å². The fourth-order valence-corrected chi connectivity index (χ4v) is 4.51. The number of nitrogens with zero attached hydrogens (tertiary/aromatic N) is 3. The number of fused-ring (bicyclic) bond motifs is 1. The Hall–Kier alpha value is -3.83. The van der Waals surface area contributed by atoms with E-state index in [1.54, 1.807) is 23.8 Å². The summed E-state index contributed by atoms with van der Waals surface area (Å²) in [5.74, 6) is 0.714. The average Bonchev–Trinajstić information content (AvgIpc) is 3.30. The third kappa shape index (κ3) is 6.26. The molecule has 0 aliphatic carbocycles. The van der Waals surface area contributed by atoms with Crippen LogP contribution >= 0.6 is 0 Å². The van der Waals surface area contributed by atoms with Crippen LogP contribution in [0.2, 0.25) is 0 Å². The lowest BCUT2D eigenvalue weighted by molar-refractivity contribution is -0.137. The maximum absolute atomic E-state index is 14.0. The molecule has 0 spiro atoms. The Kier molecular flexibility index (Phi) is 7.89. The van der Waals surface area contributed by atoms with E-state index in [4.69, 9.17) is 19.2 Å². The highest BCUT2D eigenvalue weighted by Gasteiger charge is 2.31. The van der Waals surface area contributed by atoms with Gasteiger partial charge in [-0.3, -0.25) is 9.30 Å². The number of imidazole rings is 1. The lowest BCUT2D eigenvalue weighted by Crippen LogP contribution is -2.38. The summed E-state index contributed by atoms with van der Waals surface area (Å²) in [7, 11) is 1.57. The molecule has 5 rings (SSSR count). The fourth-order valence-electron chi connectivity index (χ4n) is 4.51. The molecule has 39 heavy (non-hydrogen) atoms. The van der Waals surface area contributed by atoms with Crippen molar-refractivity contribution in [3.63, 3.8) is 0 Å². The van der Waals surface area contributed by atoms with Crippen molar-refractivity contribution in [1.29, 1.82) is 0 Å². The van der Waals surface area contributed by atoms with Crippen molar-refractivity contribution in [3.8, 4) is 22.8 Å². The molecule has 4 aromatic rings. The van der Waals surface area contributed by atoms with Crippen LogP contribution < -0.4 is 14.8 Å². The zero-order chi connectivity index (χ0) is 27.4. The second-order valence-electron chi connectivity index (χ2n) is 9.11. The standard InChI is InChI=1S/C28H28F4N4O3/c1-37-23-6-5-20(16-24(23)39-13-10-35-8-11-38-12-9-35)26-27(36-7-3-2-4-25(36)34-26)33-18-19-14-21(28(30,31)32)17-22(29)15-19/h2-7,14-17,33H,8-13,18H2,1H3. The van der Waals surface area contributed by atoms with Gasteiger partial charge in [-0.25, -0.2) is 9.37 Å². The first-order valence-corrected chi connectivity index (χ1v) is 12.5. The Morgan fingerprint density at radius 2 is 1.85 bits per heavy atom. The minimum Gasteiger partial charge on any atom is -0.493 e. The van der Waals surface area contributed by atoms with E-state index in [1.165, 1.54) is 0 Å². The molecule has 1 N–H and O–H groups in total. The van der Waals surface area contributed by atoms with Gasteiger partial charge >= 0.3 is 6.18 Å². The first kappa shape index (κ1) is 26.8. The predicted molar refractivity (Wildman–Crippen MR) is 139 cm³/mol. The van der Waals surface area contributed by atoms with Gasteiger partial charge in [0.1, 0.15) is 29.6 Å². The zero-order valence-corrected chi connectivity index (χ0v) is 21.3. The molecular weight excluding hydrogens is 516 g/mol. The minimum absolute atomic E-state index is 0.0460. The number of nitrogens with one attached hydrogen (secondary N) is 1. The Balaban J connectivity index is 1.42. The molecule has 11 heteroatoms. The van der Waals surface area contributed by atoms with E-state index < -0.39 is 17.6 Å². The molecule has 2 aromatic heterocycles. The van der Waals surface area contributed by atoms with Crippen molar-refractivity contribution >= 4 is 11.5 Å². The minimum atomic E-state index is -4.65. The largest absolute Gasteiger partial charge is 0.493 e. The maximum Gasteiger partial charge on any atom is 0.416 e. The molecule has 1 saturated heterocycles. The van der Waals surface area contributed by atoms with Crippen LogP contribution in [-0.4, -0.2) is 60.8 Å². The molecule has 0 atom stereocenters. The number of hydrogen-bond donors (Lipinski definition) is 1. The SMILES string of the molecule is COc1ccc(-c2nc3ccccn3c2NCc2cc(F)cc(C(F)(F)F)c2)cc1OCCN1CCOCC1. The molecule has 1 fully saturated rings. The van der Waals surface area contributed by atoms with E-state index in [0.29, 0.717) is 54.5 Å². The van der Waals surface area contributed by atoms with E-state index in [0.717, 1.165) is 37.3 Å². The smallest absolute Gasteiger partial charge is 0.416 e. The van der Waals surface area contributed by atoms with Crippen LogP contribution in [0.15, 0.2) is 60.8 Å². The second kappa shape index (κ2) is 11.5. The fraction of sp³-hybridized carbons (Fsp3) is 0.321. The van der Waals surface area contributed by atoms with Crippen molar-refractivity contribution in [2.24, 2.45) is 0 Å². The number of alkyl halides is 3. The van der Waals surface area contributed by atoms with Crippen molar-refractivity contribution < 1.29 is 31.8 Å². The lowest BCUT2D eigenvalue weighted by atomic mass is 10.1. The van der Waals surface area contributed by atoms with Crippen LogP contribution in [0.1, 0.15) is 11.1 Å². The van der Waals surface area contributed by atoms with Crippen molar-refractivity contribution in [2.75, 3.05) is 51.9 Å². The first-order chi connectivity index (χ1) is 18.8. The predicted octanol–water partition coefficient (Wildman–Crippen LogP) is 5.49. The summed E-state index contributed by atoms with van der Waals surface area (Å²) < 4.78 is 72.4. The Labute approximate surface area is 222 Å².